The van der Waals surface area contributed by atoms with E-state index >= 15 is 0 Å². The molecule has 0 atom stereocenters. The number of hydrogen-bond acceptors (Lipinski definition) is 2. The normalized spacial score (nSPS) is 11.8. The molecule has 0 spiro atoms. The number of hydrogen-bond donors (Lipinski definition) is 1. The number of carbonyl (C=O) groups excluding carboxylic acids is 1. The van der Waals surface area contributed by atoms with E-state index in [2.05, 4.69) is 10.3 Å². The second-order valence-corrected chi connectivity index (χ2v) is 6.23. The first-order valence-electron chi connectivity index (χ1n) is 8.17. The average molecular weight is 361 g/mol. The summed E-state index contributed by atoms with van der Waals surface area (Å²) in [5.41, 5.74) is 2.60. The fourth-order valence-electron chi connectivity index (χ4n) is 2.99. The molecule has 136 valence electrons. The summed E-state index contributed by atoms with van der Waals surface area (Å²) in [6.07, 6.45) is -3.15. The van der Waals surface area contributed by atoms with Gasteiger partial charge in [0.05, 0.1) is 11.3 Å². The number of anilines is 1. The van der Waals surface area contributed by atoms with Crippen molar-refractivity contribution in [1.82, 2.24) is 9.38 Å². The number of aromatic nitrogens is 2. The number of fused-ring (bicyclic) bond motifs is 1. The molecule has 0 saturated heterocycles. The molecular weight excluding hydrogens is 343 g/mol. The first-order chi connectivity index (χ1) is 12.2. The minimum atomic E-state index is -4.49. The second-order valence-electron chi connectivity index (χ2n) is 6.23. The number of carbonyl (C=O) groups is 1. The number of aryl methyl sites for hydroxylation is 3. The molecule has 0 aliphatic heterocycles. The van der Waals surface area contributed by atoms with Gasteiger partial charge in [0.2, 0.25) is 0 Å². The predicted octanol–water partition coefficient (Wildman–Crippen LogP) is 4.78. The monoisotopic (exact) mass is 361 g/mol. The molecule has 26 heavy (non-hydrogen) atoms. The Bertz CT molecular complexity index is 969. The topological polar surface area (TPSA) is 46.4 Å². The number of nitrogens with zero attached hydrogens (tertiary/aromatic N) is 2. The van der Waals surface area contributed by atoms with Gasteiger partial charge in [0.1, 0.15) is 11.3 Å². The number of alkyl halides is 3. The number of imidazole rings is 1. The van der Waals surface area contributed by atoms with Crippen LogP contribution >= 0.6 is 0 Å². The Morgan fingerprint density at radius 3 is 2.38 bits per heavy atom. The van der Waals surface area contributed by atoms with Crippen molar-refractivity contribution in [3.63, 3.8) is 0 Å². The Kier molecular flexibility index (Phi) is 4.48. The number of nitrogens with one attached hydrogen (secondary N) is 1. The van der Waals surface area contributed by atoms with Gasteiger partial charge in [-0.25, -0.2) is 4.98 Å². The number of benzene rings is 1. The van der Waals surface area contributed by atoms with Crippen LogP contribution in [0.15, 0.2) is 36.5 Å². The molecule has 0 fully saturated rings. The lowest BCUT2D eigenvalue weighted by atomic mass is 10.1. The van der Waals surface area contributed by atoms with E-state index in [0.29, 0.717) is 23.4 Å². The van der Waals surface area contributed by atoms with Crippen molar-refractivity contribution >= 4 is 17.2 Å². The minimum Gasteiger partial charge on any atom is -0.321 e. The Hall–Kier alpha value is -2.83. The van der Waals surface area contributed by atoms with Gasteiger partial charge in [0.15, 0.2) is 0 Å². The number of halogens is 3. The van der Waals surface area contributed by atoms with E-state index in [9.17, 15) is 18.0 Å². The maximum Gasteiger partial charge on any atom is 0.417 e. The number of pyridine rings is 1. The van der Waals surface area contributed by atoms with Crippen molar-refractivity contribution in [2.75, 3.05) is 5.32 Å². The van der Waals surface area contributed by atoms with Gasteiger partial charge in [-0.15, -0.1) is 0 Å². The molecule has 2 heterocycles. The third-order valence-corrected chi connectivity index (χ3v) is 4.05. The first kappa shape index (κ1) is 18.0. The summed E-state index contributed by atoms with van der Waals surface area (Å²) in [5.74, 6) is -0.487. The largest absolute Gasteiger partial charge is 0.417 e. The maximum absolute atomic E-state index is 13.0. The Labute approximate surface area is 148 Å². The zero-order chi connectivity index (χ0) is 19.1. The lowest BCUT2D eigenvalue weighted by Crippen LogP contribution is -2.17. The van der Waals surface area contributed by atoms with Crippen LogP contribution < -0.4 is 5.32 Å². The Balaban J connectivity index is 2.08. The zero-order valence-corrected chi connectivity index (χ0v) is 14.6. The molecule has 1 amide bonds. The molecule has 0 aliphatic carbocycles. The van der Waals surface area contributed by atoms with Gasteiger partial charge in [0, 0.05) is 11.9 Å². The number of amides is 1. The summed E-state index contributed by atoms with van der Waals surface area (Å²) in [6.45, 7) is 5.62. The third-order valence-electron chi connectivity index (χ3n) is 4.05. The van der Waals surface area contributed by atoms with Gasteiger partial charge in [-0.05, 0) is 55.7 Å². The quantitative estimate of drug-likeness (QED) is 0.729. The Morgan fingerprint density at radius 1 is 1.15 bits per heavy atom. The molecule has 0 bridgehead atoms. The highest BCUT2D eigenvalue weighted by molar-refractivity contribution is 6.04. The van der Waals surface area contributed by atoms with Crippen LogP contribution in [0.2, 0.25) is 0 Å². The first-order valence-corrected chi connectivity index (χ1v) is 8.17. The zero-order valence-electron chi connectivity index (χ0n) is 14.6. The smallest absolute Gasteiger partial charge is 0.321 e. The molecule has 1 aromatic carbocycles. The third kappa shape index (κ3) is 3.42. The molecule has 7 heteroatoms. The summed E-state index contributed by atoms with van der Waals surface area (Å²) in [7, 11) is 0. The van der Waals surface area contributed by atoms with Crippen molar-refractivity contribution in [2.24, 2.45) is 0 Å². The minimum absolute atomic E-state index is 0.118. The van der Waals surface area contributed by atoms with Crippen molar-refractivity contribution < 1.29 is 18.0 Å². The maximum atomic E-state index is 13.0. The van der Waals surface area contributed by atoms with Crippen LogP contribution in [0.5, 0.6) is 0 Å². The van der Waals surface area contributed by atoms with Gasteiger partial charge < -0.3 is 5.32 Å². The highest BCUT2D eigenvalue weighted by Crippen LogP contribution is 2.30. The van der Waals surface area contributed by atoms with E-state index in [1.165, 1.54) is 10.5 Å². The van der Waals surface area contributed by atoms with Gasteiger partial charge in [-0.1, -0.05) is 13.0 Å². The summed E-state index contributed by atoms with van der Waals surface area (Å²) >= 11 is 0. The lowest BCUT2D eigenvalue weighted by molar-refractivity contribution is -0.137. The van der Waals surface area contributed by atoms with Crippen LogP contribution in [-0.4, -0.2) is 15.3 Å². The molecule has 0 saturated carbocycles. The van der Waals surface area contributed by atoms with E-state index in [4.69, 9.17) is 0 Å². The summed E-state index contributed by atoms with van der Waals surface area (Å²) in [5, 5.41) is 2.77. The molecule has 0 aliphatic rings. The summed E-state index contributed by atoms with van der Waals surface area (Å²) < 4.78 is 40.3. The van der Waals surface area contributed by atoms with Crippen LogP contribution in [0.25, 0.3) is 5.65 Å². The predicted molar refractivity (Wildman–Crippen MR) is 93.4 cm³/mol. The molecule has 3 aromatic rings. The molecule has 2 aromatic heterocycles. The molecule has 3 rings (SSSR count). The number of rotatable bonds is 3. The fraction of sp³-hybridized carbons (Fsp3) is 0.263. The van der Waals surface area contributed by atoms with Crippen molar-refractivity contribution in [3.05, 3.63) is 64.6 Å². The van der Waals surface area contributed by atoms with E-state index in [-0.39, 0.29) is 5.69 Å². The van der Waals surface area contributed by atoms with Gasteiger partial charge in [-0.3, -0.25) is 9.20 Å². The molecular formula is C19H18F3N3O. The summed E-state index contributed by atoms with van der Waals surface area (Å²) in [4.78, 5) is 17.1. The fourth-order valence-corrected chi connectivity index (χ4v) is 2.99. The molecule has 1 N–H and O–H groups in total. The van der Waals surface area contributed by atoms with Crippen LogP contribution in [0.3, 0.4) is 0 Å². The van der Waals surface area contributed by atoms with Gasteiger partial charge in [-0.2, -0.15) is 13.2 Å². The van der Waals surface area contributed by atoms with E-state index in [1.807, 2.05) is 19.9 Å². The van der Waals surface area contributed by atoms with Crippen LogP contribution in [0.1, 0.15) is 39.8 Å². The van der Waals surface area contributed by atoms with Gasteiger partial charge in [0.25, 0.3) is 5.91 Å². The van der Waals surface area contributed by atoms with Crippen molar-refractivity contribution in [2.45, 2.75) is 33.4 Å². The van der Waals surface area contributed by atoms with Crippen molar-refractivity contribution in [1.29, 1.82) is 0 Å². The SMILES string of the molecule is CCc1nc2ccc(C(F)(F)F)cn2c1C(=O)Nc1cc(C)cc(C)c1. The average Bonchev–Trinajstić information content (AvgIpc) is 2.90. The van der Waals surface area contributed by atoms with Crippen LogP contribution in [0.4, 0.5) is 18.9 Å². The molecule has 0 radical (unpaired) electrons. The van der Waals surface area contributed by atoms with Crippen LogP contribution in [-0.2, 0) is 12.6 Å². The van der Waals surface area contributed by atoms with E-state index < -0.39 is 17.6 Å². The molecule has 0 unspecified atom stereocenters. The highest BCUT2D eigenvalue weighted by atomic mass is 19.4. The van der Waals surface area contributed by atoms with Crippen LogP contribution in [0, 0.1) is 13.8 Å². The lowest BCUT2D eigenvalue weighted by Gasteiger charge is -2.10. The van der Waals surface area contributed by atoms with E-state index in [1.54, 1.807) is 19.1 Å². The standard InChI is InChI=1S/C19H18F3N3O/c1-4-15-17(18(26)23-14-8-11(2)7-12(3)9-14)25-10-13(19(20,21)22)5-6-16(25)24-15/h5-10H,4H2,1-3H3,(H,23,26). The van der Waals surface area contributed by atoms with Crippen molar-refractivity contribution in [3.8, 4) is 0 Å². The second kappa shape index (κ2) is 6.48. The molecule has 4 nitrogen and oxygen atoms in total. The Morgan fingerprint density at radius 2 is 1.81 bits per heavy atom. The summed E-state index contributed by atoms with van der Waals surface area (Å²) in [6, 6.07) is 7.82. The highest BCUT2D eigenvalue weighted by Gasteiger charge is 2.31. The van der Waals surface area contributed by atoms with Gasteiger partial charge >= 0.3 is 6.18 Å². The van der Waals surface area contributed by atoms with E-state index in [0.717, 1.165) is 23.4 Å².